The first-order valence-electron chi connectivity index (χ1n) is 5.24. The van der Waals surface area contributed by atoms with Crippen LogP contribution in [0.3, 0.4) is 0 Å². The minimum atomic E-state index is 0.762. The van der Waals surface area contributed by atoms with Crippen molar-refractivity contribution in [3.05, 3.63) is 29.1 Å². The van der Waals surface area contributed by atoms with Crippen LogP contribution in [-0.4, -0.2) is 30.5 Å². The van der Waals surface area contributed by atoms with Crippen LogP contribution in [0.15, 0.2) is 17.8 Å². The van der Waals surface area contributed by atoms with Crippen LogP contribution in [0.1, 0.15) is 17.7 Å². The molecule has 0 saturated carbocycles. The van der Waals surface area contributed by atoms with Gasteiger partial charge in [-0.2, -0.15) is 0 Å². The van der Waals surface area contributed by atoms with Gasteiger partial charge in [0.05, 0.1) is 17.6 Å². The molecule has 0 fully saturated rings. The molecule has 0 radical (unpaired) electrons. The summed E-state index contributed by atoms with van der Waals surface area (Å²) >= 11 is 0. The van der Waals surface area contributed by atoms with Crippen LogP contribution in [0.4, 0.5) is 5.69 Å². The van der Waals surface area contributed by atoms with E-state index in [-0.39, 0.29) is 0 Å². The van der Waals surface area contributed by atoms with Gasteiger partial charge in [0, 0.05) is 6.54 Å². The maximum Gasteiger partial charge on any atom is 0.0663 e. The fraction of sp³-hybridized carbons (Fsp3) is 0.417. The molecule has 0 unspecified atom stereocenters. The van der Waals surface area contributed by atoms with Crippen molar-refractivity contribution < 1.29 is 0 Å². The Labute approximate surface area is 90.6 Å². The molecular weight excluding hydrogens is 186 g/mol. The maximum atomic E-state index is 5.71. The van der Waals surface area contributed by atoms with Crippen molar-refractivity contribution in [2.45, 2.75) is 12.8 Å². The van der Waals surface area contributed by atoms with Crippen LogP contribution in [0, 0.1) is 0 Å². The van der Waals surface area contributed by atoms with Crippen molar-refractivity contribution in [1.82, 2.24) is 9.88 Å². The lowest BCUT2D eigenvalue weighted by Gasteiger charge is -2.18. The Kier molecular flexibility index (Phi) is 2.73. The third-order valence-electron chi connectivity index (χ3n) is 2.60. The molecule has 0 aliphatic heterocycles. The fourth-order valence-corrected chi connectivity index (χ4v) is 1.96. The molecule has 1 heterocycles. The van der Waals surface area contributed by atoms with Gasteiger partial charge in [0.15, 0.2) is 0 Å². The van der Waals surface area contributed by atoms with Gasteiger partial charge in [-0.3, -0.25) is 4.98 Å². The number of hydrogen-bond donors (Lipinski definition) is 1. The molecule has 3 heteroatoms. The number of hydrogen-bond acceptors (Lipinski definition) is 3. The lowest BCUT2D eigenvalue weighted by Crippen LogP contribution is -2.17. The van der Waals surface area contributed by atoms with E-state index in [2.05, 4.69) is 30.1 Å². The minimum absolute atomic E-state index is 0.762. The monoisotopic (exact) mass is 203 g/mol. The molecule has 1 aromatic heterocycles. The Morgan fingerprint density at radius 3 is 2.93 bits per heavy atom. The van der Waals surface area contributed by atoms with Gasteiger partial charge in [0.1, 0.15) is 0 Å². The summed E-state index contributed by atoms with van der Waals surface area (Å²) in [6, 6.07) is 2.03. The van der Waals surface area contributed by atoms with E-state index in [0.29, 0.717) is 0 Å². The highest BCUT2D eigenvalue weighted by molar-refractivity contribution is 5.58. The Bertz CT molecular complexity index is 394. The van der Waals surface area contributed by atoms with E-state index in [9.17, 15) is 0 Å². The highest BCUT2D eigenvalue weighted by Crippen LogP contribution is 2.23. The van der Waals surface area contributed by atoms with Gasteiger partial charge in [0.2, 0.25) is 0 Å². The average molecular weight is 203 g/mol. The average Bonchev–Trinajstić information content (AvgIpc) is 2.17. The first-order valence-corrected chi connectivity index (χ1v) is 5.24. The highest BCUT2D eigenvalue weighted by atomic mass is 15.0. The molecule has 2 rings (SSSR count). The predicted octanol–water partition coefficient (Wildman–Crippen LogP) is 1.55. The van der Waals surface area contributed by atoms with Crippen LogP contribution in [0.25, 0.3) is 6.08 Å². The van der Waals surface area contributed by atoms with E-state index in [1.54, 1.807) is 6.20 Å². The number of aromatic nitrogens is 1. The number of rotatable bonds is 2. The largest absolute Gasteiger partial charge is 0.397 e. The van der Waals surface area contributed by atoms with E-state index in [4.69, 9.17) is 5.73 Å². The summed E-state index contributed by atoms with van der Waals surface area (Å²) in [5.74, 6) is 0. The zero-order valence-electron chi connectivity index (χ0n) is 9.33. The molecule has 0 aromatic carbocycles. The van der Waals surface area contributed by atoms with Crippen molar-refractivity contribution in [3.8, 4) is 0 Å². The zero-order valence-corrected chi connectivity index (χ0v) is 9.33. The molecule has 1 aliphatic carbocycles. The molecule has 0 atom stereocenters. The number of nitrogens with zero attached hydrogens (tertiary/aromatic N) is 2. The standard InChI is InChI=1S/C12H17N3/c1-15(2)8-9-3-4-10-6-11(13)7-14-12(10)5-9/h5-7H,3-4,8,13H2,1-2H3. The van der Waals surface area contributed by atoms with E-state index >= 15 is 0 Å². The van der Waals surface area contributed by atoms with Gasteiger partial charge in [-0.15, -0.1) is 0 Å². The topological polar surface area (TPSA) is 42.2 Å². The summed E-state index contributed by atoms with van der Waals surface area (Å²) in [5, 5.41) is 0. The molecule has 15 heavy (non-hydrogen) atoms. The number of pyridine rings is 1. The number of likely N-dealkylation sites (N-methyl/N-ethyl adjacent to an activating group) is 1. The van der Waals surface area contributed by atoms with Gasteiger partial charge in [-0.25, -0.2) is 0 Å². The summed E-state index contributed by atoms with van der Waals surface area (Å²) in [6.45, 7) is 1.02. The normalized spacial score (nSPS) is 15.0. The van der Waals surface area contributed by atoms with E-state index < -0.39 is 0 Å². The van der Waals surface area contributed by atoms with Gasteiger partial charge in [0.25, 0.3) is 0 Å². The van der Waals surface area contributed by atoms with Gasteiger partial charge in [-0.05, 0) is 44.6 Å². The molecule has 2 N–H and O–H groups in total. The number of fused-ring (bicyclic) bond motifs is 1. The highest BCUT2D eigenvalue weighted by Gasteiger charge is 2.11. The second-order valence-corrected chi connectivity index (χ2v) is 4.35. The van der Waals surface area contributed by atoms with Gasteiger partial charge >= 0.3 is 0 Å². The summed E-state index contributed by atoms with van der Waals surface area (Å²) < 4.78 is 0. The molecule has 80 valence electrons. The summed E-state index contributed by atoms with van der Waals surface area (Å²) in [7, 11) is 4.18. The lowest BCUT2D eigenvalue weighted by molar-refractivity contribution is 0.439. The van der Waals surface area contributed by atoms with Crippen LogP contribution in [0.5, 0.6) is 0 Å². The second kappa shape index (κ2) is 4.03. The number of nitrogen functional groups attached to an aromatic ring is 1. The van der Waals surface area contributed by atoms with E-state index in [0.717, 1.165) is 30.8 Å². The number of nitrogens with two attached hydrogens (primary N) is 1. The van der Waals surface area contributed by atoms with Crippen LogP contribution >= 0.6 is 0 Å². The quantitative estimate of drug-likeness (QED) is 0.793. The Morgan fingerprint density at radius 1 is 1.40 bits per heavy atom. The second-order valence-electron chi connectivity index (χ2n) is 4.35. The minimum Gasteiger partial charge on any atom is -0.397 e. The Hall–Kier alpha value is -1.35. The van der Waals surface area contributed by atoms with Gasteiger partial charge in [-0.1, -0.05) is 5.57 Å². The summed E-state index contributed by atoms with van der Waals surface area (Å²) in [6.07, 6.45) is 6.11. The molecule has 1 aromatic rings. The molecule has 0 spiro atoms. The van der Waals surface area contributed by atoms with Crippen molar-refractivity contribution in [1.29, 1.82) is 0 Å². The van der Waals surface area contributed by atoms with Crippen molar-refractivity contribution in [2.24, 2.45) is 0 Å². The molecule has 0 saturated heterocycles. The molecule has 3 nitrogen and oxygen atoms in total. The molecule has 0 bridgehead atoms. The fourth-order valence-electron chi connectivity index (χ4n) is 1.96. The molecular formula is C12H17N3. The smallest absolute Gasteiger partial charge is 0.0663 e. The van der Waals surface area contributed by atoms with Crippen molar-refractivity contribution in [3.63, 3.8) is 0 Å². The van der Waals surface area contributed by atoms with Gasteiger partial charge < -0.3 is 10.6 Å². The first kappa shape index (κ1) is 10.2. The van der Waals surface area contributed by atoms with Crippen LogP contribution < -0.4 is 5.73 Å². The van der Waals surface area contributed by atoms with E-state index in [1.165, 1.54) is 11.1 Å². The first-order chi connectivity index (χ1) is 7.15. The molecule has 1 aliphatic rings. The summed E-state index contributed by atoms with van der Waals surface area (Å²) in [4.78, 5) is 6.55. The number of aryl methyl sites for hydroxylation is 1. The summed E-state index contributed by atoms with van der Waals surface area (Å²) in [5.41, 5.74) is 10.3. The third-order valence-corrected chi connectivity index (χ3v) is 2.60. The van der Waals surface area contributed by atoms with Crippen LogP contribution in [0.2, 0.25) is 0 Å². The van der Waals surface area contributed by atoms with Crippen molar-refractivity contribution in [2.75, 3.05) is 26.4 Å². The molecule has 0 amide bonds. The Balaban J connectivity index is 2.25. The number of anilines is 1. The predicted molar refractivity (Wildman–Crippen MR) is 63.5 cm³/mol. The third kappa shape index (κ3) is 2.36. The SMILES string of the molecule is CN(C)CC1=Cc2ncc(N)cc2CC1. The Morgan fingerprint density at radius 2 is 2.20 bits per heavy atom. The maximum absolute atomic E-state index is 5.71. The van der Waals surface area contributed by atoms with Crippen LogP contribution in [-0.2, 0) is 6.42 Å². The lowest BCUT2D eigenvalue weighted by atomic mass is 9.95. The zero-order chi connectivity index (χ0) is 10.8. The van der Waals surface area contributed by atoms with E-state index in [1.807, 2.05) is 6.07 Å². The van der Waals surface area contributed by atoms with Crippen molar-refractivity contribution >= 4 is 11.8 Å².